The molecule has 1 aromatic carbocycles. The van der Waals surface area contributed by atoms with Crippen molar-refractivity contribution in [2.45, 2.75) is 65.1 Å². The van der Waals surface area contributed by atoms with Crippen molar-refractivity contribution in [2.24, 2.45) is 5.73 Å². The monoisotopic (exact) mass is 508 g/mol. The Morgan fingerprint density at radius 2 is 1.75 bits per heavy atom. The maximum Gasteiger partial charge on any atom is 0.408 e. The van der Waals surface area contributed by atoms with Crippen LogP contribution in [0.15, 0.2) is 24.3 Å². The molecule has 1 rings (SSSR count). The van der Waals surface area contributed by atoms with Gasteiger partial charge in [0.1, 0.15) is 23.4 Å². The van der Waals surface area contributed by atoms with Crippen molar-refractivity contribution in [1.29, 1.82) is 0 Å². The van der Waals surface area contributed by atoms with Crippen molar-refractivity contribution < 1.29 is 38.6 Å². The van der Waals surface area contributed by atoms with Crippen molar-refractivity contribution in [3.8, 4) is 5.75 Å². The number of likely N-dealkylation sites (N-methyl/N-ethyl adjacent to an activating group) is 1. The maximum atomic E-state index is 13.5. The van der Waals surface area contributed by atoms with Crippen LogP contribution in [0.1, 0.15) is 59.1 Å². The highest BCUT2D eigenvalue weighted by molar-refractivity contribution is 5.94. The summed E-state index contributed by atoms with van der Waals surface area (Å²) in [6, 6.07) is 3.16. The van der Waals surface area contributed by atoms with E-state index in [0.29, 0.717) is 0 Å². The number of aromatic hydroxyl groups is 1. The molecule has 36 heavy (non-hydrogen) atoms. The average Bonchev–Trinajstić information content (AvgIpc) is 2.75. The molecule has 0 aliphatic heterocycles. The summed E-state index contributed by atoms with van der Waals surface area (Å²) in [6.45, 7) is 8.22. The lowest BCUT2D eigenvalue weighted by atomic mass is 10.0. The summed E-state index contributed by atoms with van der Waals surface area (Å²) in [5.74, 6) is -3.11. The van der Waals surface area contributed by atoms with Crippen molar-refractivity contribution >= 4 is 29.8 Å². The van der Waals surface area contributed by atoms with Gasteiger partial charge in [0.15, 0.2) is 0 Å². The van der Waals surface area contributed by atoms with Crippen LogP contribution in [0.3, 0.4) is 0 Å². The number of phenolic OH excluding ortho intramolecular Hbond substituents is 1. The van der Waals surface area contributed by atoms with Crippen molar-refractivity contribution in [3.63, 3.8) is 0 Å². The third-order valence-electron chi connectivity index (χ3n) is 4.74. The van der Waals surface area contributed by atoms with Gasteiger partial charge in [0.2, 0.25) is 17.7 Å². The number of hydrogen-bond acceptors (Lipinski definition) is 8. The van der Waals surface area contributed by atoms with E-state index in [1.165, 1.54) is 12.1 Å². The van der Waals surface area contributed by atoms with Gasteiger partial charge in [-0.25, -0.2) is 4.79 Å². The molecule has 0 saturated heterocycles. The van der Waals surface area contributed by atoms with E-state index in [9.17, 15) is 29.1 Å². The predicted octanol–water partition coefficient (Wildman–Crippen LogP) is 1.12. The second-order valence-corrected chi connectivity index (χ2v) is 8.80. The number of ether oxygens (including phenoxy) is 2. The number of carbonyl (C=O) groups is 5. The molecule has 1 aromatic rings. The number of carbonyl (C=O) groups excluding carboxylic acids is 5. The molecule has 0 heterocycles. The first-order valence-corrected chi connectivity index (χ1v) is 11.6. The van der Waals surface area contributed by atoms with E-state index in [1.54, 1.807) is 46.8 Å². The number of nitrogens with zero attached hydrogens (tertiary/aromatic N) is 1. The molecule has 2 unspecified atom stereocenters. The molecule has 200 valence electrons. The number of para-hydroxylation sites is 1. The summed E-state index contributed by atoms with van der Waals surface area (Å²) < 4.78 is 10.0. The minimum absolute atomic E-state index is 0.0333. The summed E-state index contributed by atoms with van der Waals surface area (Å²) in [4.78, 5) is 63.5. The highest BCUT2D eigenvalue weighted by Crippen LogP contribution is 2.29. The highest BCUT2D eigenvalue weighted by atomic mass is 16.6. The number of esters is 1. The number of rotatable bonds is 12. The summed E-state index contributed by atoms with van der Waals surface area (Å²) in [6.07, 6.45) is -1.60. The van der Waals surface area contributed by atoms with Crippen LogP contribution in [-0.4, -0.2) is 71.1 Å². The zero-order valence-electron chi connectivity index (χ0n) is 21.3. The van der Waals surface area contributed by atoms with Gasteiger partial charge in [-0.1, -0.05) is 18.2 Å². The molecule has 5 N–H and O–H groups in total. The molecule has 0 radical (unpaired) electrons. The van der Waals surface area contributed by atoms with E-state index in [1.807, 2.05) is 0 Å². The molecule has 0 aliphatic carbocycles. The normalized spacial score (nSPS) is 12.6. The number of nitrogens with one attached hydrogen (secondary N) is 2. The van der Waals surface area contributed by atoms with Crippen LogP contribution in [0.5, 0.6) is 5.75 Å². The van der Waals surface area contributed by atoms with Gasteiger partial charge in [-0.2, -0.15) is 0 Å². The van der Waals surface area contributed by atoms with Gasteiger partial charge < -0.3 is 35.8 Å². The van der Waals surface area contributed by atoms with Gasteiger partial charge in [0, 0.05) is 18.7 Å². The number of benzene rings is 1. The summed E-state index contributed by atoms with van der Waals surface area (Å²) in [7, 11) is 0. The first-order chi connectivity index (χ1) is 16.8. The zero-order valence-corrected chi connectivity index (χ0v) is 21.3. The van der Waals surface area contributed by atoms with Gasteiger partial charge in [-0.05, 0) is 40.7 Å². The first kappa shape index (κ1) is 30.2. The summed E-state index contributed by atoms with van der Waals surface area (Å²) >= 11 is 0. The third kappa shape index (κ3) is 9.80. The Morgan fingerprint density at radius 3 is 2.28 bits per heavy atom. The molecule has 0 fully saturated rings. The Balaban J connectivity index is 3.29. The number of nitrogens with two attached hydrogens (primary N) is 1. The molecule has 0 aromatic heterocycles. The van der Waals surface area contributed by atoms with Crippen LogP contribution in [0.4, 0.5) is 4.79 Å². The Kier molecular flexibility index (Phi) is 11.7. The number of alkyl carbamates (subject to hydrolysis) is 1. The fraction of sp³-hybridized carbons (Fsp3) is 0.542. The van der Waals surface area contributed by atoms with Crippen LogP contribution >= 0.6 is 0 Å². The molecule has 0 spiro atoms. The van der Waals surface area contributed by atoms with Crippen LogP contribution in [0.25, 0.3) is 0 Å². The number of primary amides is 1. The molecule has 12 heteroatoms. The van der Waals surface area contributed by atoms with Crippen LogP contribution in [0, 0.1) is 0 Å². The third-order valence-corrected chi connectivity index (χ3v) is 4.74. The molecule has 12 nitrogen and oxygen atoms in total. The molecule has 2 atom stereocenters. The number of phenols is 1. The van der Waals surface area contributed by atoms with Gasteiger partial charge in [-0.15, -0.1) is 0 Å². The Hall–Kier alpha value is -3.83. The quantitative estimate of drug-likeness (QED) is 0.303. The average molecular weight is 509 g/mol. The fourth-order valence-corrected chi connectivity index (χ4v) is 3.30. The van der Waals surface area contributed by atoms with E-state index >= 15 is 0 Å². The maximum absolute atomic E-state index is 13.5. The molecule has 0 aliphatic rings. The second-order valence-electron chi connectivity index (χ2n) is 8.80. The molecule has 4 amide bonds. The standard InChI is InChI=1S/C24H36N4O8/c1-6-28(22(33)16(14-18(25)30)27-23(34)36-24(3,4)5)20(15-10-8-9-11-17(15)29)21(32)26-13-12-19(31)35-7-2/h8-11,16,20,29H,6-7,12-14H2,1-5H3,(H2,25,30)(H,26,32)(H,27,34). The Morgan fingerprint density at radius 1 is 1.11 bits per heavy atom. The smallest absolute Gasteiger partial charge is 0.408 e. The van der Waals surface area contributed by atoms with Crippen molar-refractivity contribution in [1.82, 2.24) is 15.5 Å². The van der Waals surface area contributed by atoms with Crippen molar-refractivity contribution in [3.05, 3.63) is 29.8 Å². The Labute approximate surface area is 210 Å². The summed E-state index contributed by atoms with van der Waals surface area (Å²) in [5.41, 5.74) is 4.54. The van der Waals surface area contributed by atoms with Crippen molar-refractivity contribution in [2.75, 3.05) is 19.7 Å². The van der Waals surface area contributed by atoms with E-state index in [-0.39, 0.29) is 37.4 Å². The van der Waals surface area contributed by atoms with E-state index in [0.717, 1.165) is 4.90 Å². The topological polar surface area (TPSA) is 177 Å². The predicted molar refractivity (Wildman–Crippen MR) is 129 cm³/mol. The molecule has 0 saturated carbocycles. The lowest BCUT2D eigenvalue weighted by Gasteiger charge is -2.33. The molecular weight excluding hydrogens is 472 g/mol. The largest absolute Gasteiger partial charge is 0.508 e. The van der Waals surface area contributed by atoms with Gasteiger partial charge in [-0.3, -0.25) is 19.2 Å². The lowest BCUT2D eigenvalue weighted by Crippen LogP contribution is -2.54. The highest BCUT2D eigenvalue weighted by Gasteiger charge is 2.37. The van der Waals surface area contributed by atoms with E-state index in [2.05, 4.69) is 10.6 Å². The second kappa shape index (κ2) is 13.9. The SMILES string of the molecule is CCOC(=O)CCNC(=O)C(c1ccccc1O)N(CC)C(=O)C(CC(N)=O)NC(=O)OC(C)(C)C. The van der Waals surface area contributed by atoms with Gasteiger partial charge in [0.25, 0.3) is 0 Å². The summed E-state index contributed by atoms with van der Waals surface area (Å²) in [5, 5.41) is 15.4. The van der Waals surface area contributed by atoms with E-state index in [4.69, 9.17) is 15.2 Å². The fourth-order valence-electron chi connectivity index (χ4n) is 3.30. The molecular formula is C24H36N4O8. The lowest BCUT2D eigenvalue weighted by molar-refractivity contribution is -0.144. The van der Waals surface area contributed by atoms with Gasteiger partial charge in [0.05, 0.1) is 19.4 Å². The number of amides is 4. The van der Waals surface area contributed by atoms with E-state index < -0.39 is 53.9 Å². The van der Waals surface area contributed by atoms with Gasteiger partial charge >= 0.3 is 12.1 Å². The van der Waals surface area contributed by atoms with Crippen LogP contribution in [0.2, 0.25) is 0 Å². The minimum atomic E-state index is -1.43. The Bertz CT molecular complexity index is 944. The minimum Gasteiger partial charge on any atom is -0.508 e. The first-order valence-electron chi connectivity index (χ1n) is 11.6. The molecule has 0 bridgehead atoms. The zero-order chi connectivity index (χ0) is 27.5. The van der Waals surface area contributed by atoms with Crippen LogP contribution in [-0.2, 0) is 28.7 Å². The number of hydrogen-bond donors (Lipinski definition) is 4. The van der Waals surface area contributed by atoms with Crippen LogP contribution < -0.4 is 16.4 Å².